The maximum Gasteiger partial charge on any atom is 0.164 e. The lowest BCUT2D eigenvalue weighted by Crippen LogP contribution is -2.24. The van der Waals surface area contributed by atoms with Crippen LogP contribution in [0.4, 0.5) is 34.1 Å². The van der Waals surface area contributed by atoms with Gasteiger partial charge in [-0.05, 0) is 65.7 Å². The van der Waals surface area contributed by atoms with Gasteiger partial charge < -0.3 is 14.4 Å². The van der Waals surface area contributed by atoms with Gasteiger partial charge in [0.15, 0.2) is 17.5 Å². The molecule has 0 atom stereocenters. The monoisotopic (exact) mass is 804 g/mol. The molecule has 0 saturated heterocycles. The molecule has 0 radical (unpaired) electrons. The zero-order valence-electron chi connectivity index (χ0n) is 34.0. The number of hydrogen-bond acceptors (Lipinski definition) is 5. The molecule has 0 spiro atoms. The van der Waals surface area contributed by atoms with Gasteiger partial charge in [0, 0.05) is 50.0 Å². The van der Waals surface area contributed by atoms with Crippen molar-refractivity contribution >= 4 is 55.9 Å². The van der Waals surface area contributed by atoms with Crippen molar-refractivity contribution in [2.45, 2.75) is 0 Å². The van der Waals surface area contributed by atoms with Crippen molar-refractivity contribution in [3.8, 4) is 62.1 Å². The van der Waals surface area contributed by atoms with Crippen LogP contribution in [-0.4, -0.2) is 19.5 Å². The fraction of sp³-hybridized carbons (Fsp3) is 0. The van der Waals surface area contributed by atoms with Gasteiger partial charge >= 0.3 is 0 Å². The van der Waals surface area contributed by atoms with Crippen LogP contribution in [0.1, 0.15) is 0 Å². The maximum atomic E-state index is 5.14. The summed E-state index contributed by atoms with van der Waals surface area (Å²) in [7, 11) is 0. The van der Waals surface area contributed by atoms with Crippen molar-refractivity contribution in [1.82, 2.24) is 19.5 Å². The Labute approximate surface area is 364 Å². The number of aromatic nitrogens is 4. The Bertz CT molecular complexity index is 3520. The lowest BCUT2D eigenvalue weighted by molar-refractivity contribution is 1.07. The van der Waals surface area contributed by atoms with E-state index in [0.717, 1.165) is 67.5 Å². The number of para-hydroxylation sites is 4. The Morgan fingerprint density at radius 3 is 1.52 bits per heavy atom. The first-order chi connectivity index (χ1) is 31.3. The minimum Gasteiger partial charge on any atom is -0.309 e. The third kappa shape index (κ3) is 5.48. The van der Waals surface area contributed by atoms with E-state index in [1.807, 2.05) is 60.7 Å². The van der Waals surface area contributed by atoms with Crippen LogP contribution < -0.4 is 9.80 Å². The minimum atomic E-state index is 0.611. The van der Waals surface area contributed by atoms with Crippen LogP contribution in [0.15, 0.2) is 218 Å². The molecule has 2 aliphatic heterocycles. The Morgan fingerprint density at radius 2 is 0.794 bits per heavy atom. The molecule has 0 amide bonds. The summed E-state index contributed by atoms with van der Waals surface area (Å²) in [6.07, 6.45) is 0. The fourth-order valence-corrected chi connectivity index (χ4v) is 9.72. The summed E-state index contributed by atoms with van der Waals surface area (Å²) in [6.45, 7) is 0. The van der Waals surface area contributed by atoms with E-state index in [0.29, 0.717) is 17.5 Å². The second kappa shape index (κ2) is 14.0. The standard InChI is InChI=1S/C57H36N6/c1-4-18-37(19-5-1)55-58-56(38-20-6-2-7-21-38)60-57(59-55)39-22-16-25-41(34-39)62-50-33-17-30-46-43-27-11-10-26-42(43)44-28-12-15-32-49(44)63(54(46)50)53-36-51-47(35-52(53)62)45-29-13-14-31-48(45)61(51)40-23-8-3-9-24-40/h1-36H. The number of benzene rings is 9. The average Bonchev–Trinajstić information content (AvgIpc) is 3.62. The predicted octanol–water partition coefficient (Wildman–Crippen LogP) is 14.9. The third-order valence-electron chi connectivity index (χ3n) is 12.5. The van der Waals surface area contributed by atoms with E-state index >= 15 is 0 Å². The van der Waals surface area contributed by atoms with E-state index in [4.69, 9.17) is 15.0 Å². The molecule has 294 valence electrons. The molecule has 13 rings (SSSR count). The van der Waals surface area contributed by atoms with E-state index in [1.54, 1.807) is 0 Å². The molecule has 0 bridgehead atoms. The van der Waals surface area contributed by atoms with Crippen LogP contribution in [0.25, 0.3) is 83.9 Å². The number of hydrogen-bond donors (Lipinski definition) is 0. The van der Waals surface area contributed by atoms with Gasteiger partial charge in [-0.15, -0.1) is 0 Å². The molecule has 0 N–H and O–H groups in total. The Morgan fingerprint density at radius 1 is 0.286 bits per heavy atom. The lowest BCUT2D eigenvalue weighted by atomic mass is 9.94. The molecule has 2 aromatic heterocycles. The zero-order valence-corrected chi connectivity index (χ0v) is 34.0. The normalized spacial score (nSPS) is 12.4. The molecule has 0 fully saturated rings. The lowest BCUT2D eigenvalue weighted by Gasteiger charge is -2.41. The van der Waals surface area contributed by atoms with E-state index in [-0.39, 0.29) is 0 Å². The summed E-state index contributed by atoms with van der Waals surface area (Å²) < 4.78 is 2.41. The molecular weight excluding hydrogens is 769 g/mol. The van der Waals surface area contributed by atoms with Crippen molar-refractivity contribution in [3.63, 3.8) is 0 Å². The molecule has 6 heteroatoms. The minimum absolute atomic E-state index is 0.611. The van der Waals surface area contributed by atoms with Crippen molar-refractivity contribution in [2.24, 2.45) is 0 Å². The van der Waals surface area contributed by atoms with Crippen molar-refractivity contribution in [3.05, 3.63) is 218 Å². The number of fused-ring (bicyclic) bond motifs is 10. The quantitative estimate of drug-likeness (QED) is 0.173. The highest BCUT2D eigenvalue weighted by molar-refractivity contribution is 6.17. The Balaban J connectivity index is 1.10. The smallest absolute Gasteiger partial charge is 0.164 e. The summed E-state index contributed by atoms with van der Waals surface area (Å²) >= 11 is 0. The molecule has 0 unspecified atom stereocenters. The second-order valence-electron chi connectivity index (χ2n) is 16.0. The predicted molar refractivity (Wildman–Crippen MR) is 258 cm³/mol. The summed E-state index contributed by atoms with van der Waals surface area (Å²) in [5.74, 6) is 1.87. The first-order valence-electron chi connectivity index (χ1n) is 21.3. The molecule has 6 nitrogen and oxygen atoms in total. The maximum absolute atomic E-state index is 5.14. The van der Waals surface area contributed by atoms with Crippen LogP contribution in [0, 0.1) is 0 Å². The van der Waals surface area contributed by atoms with Crippen LogP contribution in [0.5, 0.6) is 0 Å². The Hall–Kier alpha value is -8.61. The molecule has 4 heterocycles. The zero-order chi connectivity index (χ0) is 41.4. The molecule has 2 aliphatic rings. The largest absolute Gasteiger partial charge is 0.309 e. The topological polar surface area (TPSA) is 50.1 Å². The van der Waals surface area contributed by atoms with E-state index < -0.39 is 0 Å². The van der Waals surface area contributed by atoms with Gasteiger partial charge in [0.2, 0.25) is 0 Å². The van der Waals surface area contributed by atoms with Gasteiger partial charge in [0.25, 0.3) is 0 Å². The highest BCUT2D eigenvalue weighted by Gasteiger charge is 2.37. The van der Waals surface area contributed by atoms with E-state index in [1.165, 1.54) is 33.0 Å². The second-order valence-corrected chi connectivity index (χ2v) is 16.0. The summed E-state index contributed by atoms with van der Waals surface area (Å²) in [6, 6.07) is 77.6. The molecule has 0 saturated carbocycles. The number of rotatable bonds is 5. The summed E-state index contributed by atoms with van der Waals surface area (Å²) in [4.78, 5) is 20.2. The molecule has 63 heavy (non-hydrogen) atoms. The summed E-state index contributed by atoms with van der Waals surface area (Å²) in [5.41, 5.74) is 17.5. The highest BCUT2D eigenvalue weighted by atomic mass is 15.3. The van der Waals surface area contributed by atoms with Crippen molar-refractivity contribution < 1.29 is 0 Å². The van der Waals surface area contributed by atoms with Gasteiger partial charge in [-0.1, -0.05) is 164 Å². The van der Waals surface area contributed by atoms with Crippen molar-refractivity contribution in [2.75, 3.05) is 9.80 Å². The van der Waals surface area contributed by atoms with Crippen molar-refractivity contribution in [1.29, 1.82) is 0 Å². The number of anilines is 6. The SMILES string of the molecule is c1ccc(-c2nc(-c3ccccc3)nc(-c3cccc(N4c5cc6c7ccccc7n(-c7ccccc7)c6cc5N5c6ccccc6-c6ccccc6-c6cccc4c65)c3)n2)cc1. The molecule has 0 aliphatic carbocycles. The van der Waals surface area contributed by atoms with Crippen LogP contribution in [0.2, 0.25) is 0 Å². The van der Waals surface area contributed by atoms with E-state index in [2.05, 4.69) is 172 Å². The molecule has 11 aromatic rings. The van der Waals surface area contributed by atoms with Gasteiger partial charge in [0.1, 0.15) is 0 Å². The molecule has 9 aromatic carbocycles. The first kappa shape index (κ1) is 35.2. The first-order valence-corrected chi connectivity index (χ1v) is 21.3. The van der Waals surface area contributed by atoms with Gasteiger partial charge in [0.05, 0.1) is 39.5 Å². The van der Waals surface area contributed by atoms with Crippen LogP contribution in [-0.2, 0) is 0 Å². The van der Waals surface area contributed by atoms with Gasteiger partial charge in [-0.2, -0.15) is 0 Å². The molecular formula is C57H36N6. The summed E-state index contributed by atoms with van der Waals surface area (Å²) in [5, 5.41) is 2.38. The number of nitrogens with zero attached hydrogens (tertiary/aromatic N) is 6. The Kier molecular flexibility index (Phi) is 7.80. The third-order valence-corrected chi connectivity index (χ3v) is 12.5. The highest BCUT2D eigenvalue weighted by Crippen LogP contribution is 2.61. The van der Waals surface area contributed by atoms with Crippen LogP contribution in [0.3, 0.4) is 0 Å². The fourth-order valence-electron chi connectivity index (χ4n) is 9.72. The van der Waals surface area contributed by atoms with E-state index in [9.17, 15) is 0 Å². The average molecular weight is 805 g/mol. The van der Waals surface area contributed by atoms with Crippen LogP contribution >= 0.6 is 0 Å². The van der Waals surface area contributed by atoms with Gasteiger partial charge in [-0.3, -0.25) is 0 Å². The van der Waals surface area contributed by atoms with Gasteiger partial charge in [-0.25, -0.2) is 15.0 Å².